The SMILES string of the molecule is Cc1nsc(NC(=O)c2cc[nH]c(=O)c2)c1C(=O)O. The van der Waals surface area contributed by atoms with Crippen molar-refractivity contribution in [1.82, 2.24) is 9.36 Å². The summed E-state index contributed by atoms with van der Waals surface area (Å²) in [6.07, 6.45) is 1.34. The number of aromatic carboxylic acids is 1. The minimum Gasteiger partial charge on any atom is -0.478 e. The fraction of sp³-hybridized carbons (Fsp3) is 0.0909. The number of H-pyrrole nitrogens is 1. The van der Waals surface area contributed by atoms with E-state index in [4.69, 9.17) is 5.11 Å². The Morgan fingerprint density at radius 1 is 1.47 bits per heavy atom. The molecule has 2 aromatic rings. The zero-order valence-electron chi connectivity index (χ0n) is 9.76. The van der Waals surface area contributed by atoms with Gasteiger partial charge in [-0.1, -0.05) is 0 Å². The second-order valence-electron chi connectivity index (χ2n) is 3.67. The van der Waals surface area contributed by atoms with E-state index in [1.165, 1.54) is 12.3 Å². The topological polar surface area (TPSA) is 112 Å². The first-order valence-electron chi connectivity index (χ1n) is 5.18. The van der Waals surface area contributed by atoms with E-state index in [1.807, 2.05) is 0 Å². The standard InChI is InChI=1S/C11H9N3O4S/c1-5-8(11(17)18)10(19-14-5)13-9(16)6-2-3-12-7(15)4-6/h2-4H,1H3,(H,12,15)(H,13,16)(H,17,18). The number of aromatic amines is 1. The number of aryl methyl sites for hydroxylation is 1. The van der Waals surface area contributed by atoms with Crippen molar-refractivity contribution in [2.45, 2.75) is 6.92 Å². The van der Waals surface area contributed by atoms with Crippen LogP contribution in [0.15, 0.2) is 23.1 Å². The number of carboxylic acid groups (broad SMARTS) is 1. The molecule has 0 aliphatic heterocycles. The van der Waals surface area contributed by atoms with Crippen LogP contribution in [-0.2, 0) is 0 Å². The van der Waals surface area contributed by atoms with Gasteiger partial charge in [-0.15, -0.1) is 0 Å². The van der Waals surface area contributed by atoms with Crippen molar-refractivity contribution in [1.29, 1.82) is 0 Å². The highest BCUT2D eigenvalue weighted by Crippen LogP contribution is 2.24. The summed E-state index contributed by atoms with van der Waals surface area (Å²) < 4.78 is 3.88. The highest BCUT2D eigenvalue weighted by atomic mass is 32.1. The molecule has 2 rings (SSSR count). The molecule has 0 radical (unpaired) electrons. The van der Waals surface area contributed by atoms with Gasteiger partial charge >= 0.3 is 5.97 Å². The van der Waals surface area contributed by atoms with Crippen molar-refractivity contribution in [3.05, 3.63) is 45.5 Å². The third-order valence-electron chi connectivity index (χ3n) is 2.34. The number of nitrogens with zero attached hydrogens (tertiary/aromatic N) is 1. The number of aromatic nitrogens is 2. The molecule has 19 heavy (non-hydrogen) atoms. The van der Waals surface area contributed by atoms with Crippen LogP contribution < -0.4 is 10.9 Å². The van der Waals surface area contributed by atoms with Gasteiger partial charge in [0.2, 0.25) is 5.56 Å². The molecular formula is C11H9N3O4S. The maximum absolute atomic E-state index is 11.9. The summed E-state index contributed by atoms with van der Waals surface area (Å²) >= 11 is 0.883. The van der Waals surface area contributed by atoms with Crippen LogP contribution in [0.5, 0.6) is 0 Å². The molecule has 0 atom stereocenters. The Balaban J connectivity index is 2.29. The number of hydrogen-bond donors (Lipinski definition) is 3. The molecule has 0 fully saturated rings. The smallest absolute Gasteiger partial charge is 0.340 e. The molecule has 0 aliphatic rings. The number of hydrogen-bond acceptors (Lipinski definition) is 5. The molecule has 98 valence electrons. The lowest BCUT2D eigenvalue weighted by Gasteiger charge is -2.03. The molecule has 0 unspecified atom stereocenters. The summed E-state index contributed by atoms with van der Waals surface area (Å²) in [6, 6.07) is 2.55. The molecule has 1 amide bonds. The van der Waals surface area contributed by atoms with Gasteiger partial charge < -0.3 is 15.4 Å². The highest BCUT2D eigenvalue weighted by Gasteiger charge is 2.19. The maximum atomic E-state index is 11.9. The zero-order valence-corrected chi connectivity index (χ0v) is 10.6. The van der Waals surface area contributed by atoms with E-state index in [0.717, 1.165) is 17.6 Å². The summed E-state index contributed by atoms with van der Waals surface area (Å²) in [5.74, 6) is -1.72. The Morgan fingerprint density at radius 3 is 2.84 bits per heavy atom. The molecule has 0 bridgehead atoms. The minimum atomic E-state index is -1.16. The zero-order chi connectivity index (χ0) is 14.0. The van der Waals surface area contributed by atoms with Crippen molar-refractivity contribution in [3.8, 4) is 0 Å². The quantitative estimate of drug-likeness (QED) is 0.778. The van der Waals surface area contributed by atoms with Gasteiger partial charge in [-0.05, 0) is 24.5 Å². The second-order valence-corrected chi connectivity index (χ2v) is 4.45. The number of rotatable bonds is 3. The lowest BCUT2D eigenvalue weighted by atomic mass is 10.2. The van der Waals surface area contributed by atoms with Gasteiger partial charge in [0.05, 0.1) is 5.69 Å². The first kappa shape index (κ1) is 13.0. The number of carboxylic acids is 1. The fourth-order valence-corrected chi connectivity index (χ4v) is 2.25. The van der Waals surface area contributed by atoms with Gasteiger partial charge in [0, 0.05) is 17.8 Å². The largest absolute Gasteiger partial charge is 0.478 e. The van der Waals surface area contributed by atoms with Crippen LogP contribution in [-0.4, -0.2) is 26.3 Å². The summed E-state index contributed by atoms with van der Waals surface area (Å²) in [6.45, 7) is 1.54. The monoisotopic (exact) mass is 279 g/mol. The number of amides is 1. The Kier molecular flexibility index (Phi) is 3.43. The Labute approximate surface area is 111 Å². The van der Waals surface area contributed by atoms with Crippen LogP contribution in [0.4, 0.5) is 5.00 Å². The Bertz CT molecular complexity index is 704. The molecule has 2 heterocycles. The van der Waals surface area contributed by atoms with Gasteiger partial charge in [0.15, 0.2) is 0 Å². The van der Waals surface area contributed by atoms with Crippen LogP contribution >= 0.6 is 11.5 Å². The van der Waals surface area contributed by atoms with E-state index in [1.54, 1.807) is 6.92 Å². The highest BCUT2D eigenvalue weighted by molar-refractivity contribution is 7.11. The summed E-state index contributed by atoms with van der Waals surface area (Å²) in [4.78, 5) is 36.4. The molecule has 0 spiro atoms. The lowest BCUT2D eigenvalue weighted by molar-refractivity contribution is 0.0697. The van der Waals surface area contributed by atoms with E-state index in [2.05, 4.69) is 14.7 Å². The van der Waals surface area contributed by atoms with Crippen molar-refractivity contribution >= 4 is 28.4 Å². The van der Waals surface area contributed by atoms with Crippen molar-refractivity contribution in [2.75, 3.05) is 5.32 Å². The van der Waals surface area contributed by atoms with Gasteiger partial charge in [-0.3, -0.25) is 9.59 Å². The van der Waals surface area contributed by atoms with E-state index in [0.29, 0.717) is 5.69 Å². The van der Waals surface area contributed by atoms with E-state index >= 15 is 0 Å². The number of pyridine rings is 1. The minimum absolute atomic E-state index is 0.0387. The molecule has 0 aliphatic carbocycles. The van der Waals surface area contributed by atoms with Gasteiger partial charge in [-0.2, -0.15) is 4.37 Å². The normalized spacial score (nSPS) is 10.2. The third-order valence-corrected chi connectivity index (χ3v) is 3.19. The number of anilines is 1. The molecule has 2 aromatic heterocycles. The first-order valence-corrected chi connectivity index (χ1v) is 5.96. The van der Waals surface area contributed by atoms with E-state index in [-0.39, 0.29) is 16.1 Å². The average Bonchev–Trinajstić information content (AvgIpc) is 2.70. The fourth-order valence-electron chi connectivity index (χ4n) is 1.47. The van der Waals surface area contributed by atoms with Crippen LogP contribution in [0.2, 0.25) is 0 Å². The molecule has 0 saturated carbocycles. The molecule has 0 aromatic carbocycles. The predicted molar refractivity (Wildman–Crippen MR) is 68.8 cm³/mol. The van der Waals surface area contributed by atoms with Gasteiger partial charge in [0.25, 0.3) is 5.91 Å². The van der Waals surface area contributed by atoms with Crippen molar-refractivity contribution in [2.24, 2.45) is 0 Å². The first-order chi connectivity index (χ1) is 8.99. The summed E-state index contributed by atoms with van der Waals surface area (Å²) in [5.41, 5.74) is 0.0274. The van der Waals surface area contributed by atoms with E-state index in [9.17, 15) is 14.4 Å². The summed E-state index contributed by atoms with van der Waals surface area (Å²) in [7, 11) is 0. The predicted octanol–water partition coefficient (Wildman–Crippen LogP) is 1.09. The Hall–Kier alpha value is -2.48. The third kappa shape index (κ3) is 2.68. The van der Waals surface area contributed by atoms with Crippen LogP contribution in [0.3, 0.4) is 0 Å². The van der Waals surface area contributed by atoms with Crippen molar-refractivity contribution in [3.63, 3.8) is 0 Å². The number of carbonyl (C=O) groups is 2. The number of carbonyl (C=O) groups excluding carboxylic acids is 1. The molecular weight excluding hydrogens is 270 g/mol. The second kappa shape index (κ2) is 5.02. The summed E-state index contributed by atoms with van der Waals surface area (Å²) in [5, 5.41) is 11.6. The van der Waals surface area contributed by atoms with Crippen LogP contribution in [0.1, 0.15) is 26.4 Å². The maximum Gasteiger partial charge on any atom is 0.340 e. The van der Waals surface area contributed by atoms with Gasteiger partial charge in [-0.25, -0.2) is 4.79 Å². The van der Waals surface area contributed by atoms with Crippen LogP contribution in [0.25, 0.3) is 0 Å². The molecule has 0 saturated heterocycles. The van der Waals surface area contributed by atoms with E-state index < -0.39 is 17.4 Å². The number of nitrogens with one attached hydrogen (secondary N) is 2. The lowest BCUT2D eigenvalue weighted by Crippen LogP contribution is -2.16. The Morgan fingerprint density at radius 2 is 2.21 bits per heavy atom. The molecule has 7 nitrogen and oxygen atoms in total. The molecule has 8 heteroatoms. The molecule has 3 N–H and O–H groups in total. The van der Waals surface area contributed by atoms with Gasteiger partial charge in [0.1, 0.15) is 10.6 Å². The average molecular weight is 279 g/mol. The van der Waals surface area contributed by atoms with Crippen molar-refractivity contribution < 1.29 is 14.7 Å². The van der Waals surface area contributed by atoms with Crippen LogP contribution in [0, 0.1) is 6.92 Å².